The van der Waals surface area contributed by atoms with Crippen molar-refractivity contribution in [1.29, 1.82) is 0 Å². The first kappa shape index (κ1) is 19.4. The minimum absolute atomic E-state index is 0.443. The van der Waals surface area contributed by atoms with Gasteiger partial charge in [0.05, 0.1) is 12.0 Å². The molecular weight excluding hydrogens is 390 g/mol. The average Bonchev–Trinajstić information content (AvgIpc) is 3.13. The lowest BCUT2D eigenvalue weighted by atomic mass is 9.92. The lowest BCUT2D eigenvalue weighted by molar-refractivity contribution is -0.132. The van der Waals surface area contributed by atoms with Crippen molar-refractivity contribution in [2.24, 2.45) is 0 Å². The maximum absolute atomic E-state index is 13.0. The molecule has 8 heteroatoms. The molecule has 1 aliphatic carbocycles. The number of hydrogen-bond donors (Lipinski definition) is 2. The molecule has 1 saturated heterocycles. The predicted molar refractivity (Wildman–Crippen MR) is 109 cm³/mol. The molecule has 7 nitrogen and oxygen atoms in total. The number of ether oxygens (including phenoxy) is 1. The number of benzene rings is 1. The van der Waals surface area contributed by atoms with Crippen LogP contribution in [0.4, 0.5) is 4.79 Å². The fourth-order valence-electron chi connectivity index (χ4n) is 3.81. The third kappa shape index (κ3) is 3.48. The summed E-state index contributed by atoms with van der Waals surface area (Å²) in [4.78, 5) is 40.0. The molecule has 1 fully saturated rings. The van der Waals surface area contributed by atoms with Crippen LogP contribution in [0, 0.1) is 0 Å². The van der Waals surface area contributed by atoms with Gasteiger partial charge in [-0.1, -0.05) is 18.6 Å². The topological polar surface area (TPSA) is 87.7 Å². The maximum Gasteiger partial charge on any atom is 0.344 e. The zero-order valence-electron chi connectivity index (χ0n) is 16.4. The average molecular weight is 413 g/mol. The number of hydrogen-bond acceptors (Lipinski definition) is 5. The number of aryl methyl sites for hydroxylation is 2. The molecule has 0 radical (unpaired) electrons. The number of carbonyl (C=O) groups is 3. The zero-order chi connectivity index (χ0) is 20.6. The summed E-state index contributed by atoms with van der Waals surface area (Å²) in [6.45, 7) is 1.61. The molecule has 1 aromatic carbocycles. The van der Waals surface area contributed by atoms with E-state index in [-0.39, 0.29) is 0 Å². The summed E-state index contributed by atoms with van der Waals surface area (Å²) in [7, 11) is 1.53. The summed E-state index contributed by atoms with van der Waals surface area (Å²) in [5.41, 5.74) is 2.98. The molecule has 2 aromatic rings. The minimum atomic E-state index is -1.29. The van der Waals surface area contributed by atoms with E-state index >= 15 is 0 Å². The van der Waals surface area contributed by atoms with Gasteiger partial charge in [-0.15, -0.1) is 11.3 Å². The minimum Gasteiger partial charge on any atom is -0.497 e. The molecule has 2 heterocycles. The number of urea groups is 1. The summed E-state index contributed by atoms with van der Waals surface area (Å²) >= 11 is 1.45. The normalized spacial score (nSPS) is 21.4. The largest absolute Gasteiger partial charge is 0.497 e. The number of thiophene rings is 1. The van der Waals surface area contributed by atoms with Crippen molar-refractivity contribution in [1.82, 2.24) is 15.8 Å². The first-order valence-electron chi connectivity index (χ1n) is 9.66. The van der Waals surface area contributed by atoms with Crippen LogP contribution in [-0.4, -0.2) is 30.0 Å². The SMILES string of the molecule is COc1cccc([C@@]2(C)NC(=O)N(NC(=O)c3cc4c(s3)CCCCC4)C2=O)c1. The number of methoxy groups -OCH3 is 1. The van der Waals surface area contributed by atoms with Gasteiger partial charge >= 0.3 is 6.03 Å². The number of nitrogens with zero attached hydrogens (tertiary/aromatic N) is 1. The molecule has 29 heavy (non-hydrogen) atoms. The van der Waals surface area contributed by atoms with Gasteiger partial charge in [-0.3, -0.25) is 15.0 Å². The second-order valence-electron chi connectivity index (χ2n) is 7.49. The Kier molecular flexibility index (Phi) is 5.04. The first-order valence-corrected chi connectivity index (χ1v) is 10.5. The molecule has 0 unspecified atom stereocenters. The van der Waals surface area contributed by atoms with Crippen LogP contribution in [0.15, 0.2) is 30.3 Å². The van der Waals surface area contributed by atoms with Crippen molar-refractivity contribution in [3.05, 3.63) is 51.2 Å². The number of imide groups is 1. The van der Waals surface area contributed by atoms with E-state index in [0.717, 1.165) is 30.7 Å². The van der Waals surface area contributed by atoms with Gasteiger partial charge in [-0.05, 0) is 61.9 Å². The number of carbonyl (C=O) groups excluding carboxylic acids is 3. The molecule has 4 amide bonds. The van der Waals surface area contributed by atoms with Crippen molar-refractivity contribution in [2.45, 2.75) is 44.6 Å². The van der Waals surface area contributed by atoms with Gasteiger partial charge in [0.15, 0.2) is 0 Å². The molecular formula is C21H23N3O4S. The highest BCUT2D eigenvalue weighted by Gasteiger charge is 2.50. The van der Waals surface area contributed by atoms with Gasteiger partial charge in [0, 0.05) is 4.88 Å². The highest BCUT2D eigenvalue weighted by molar-refractivity contribution is 7.14. The fourth-order valence-corrected chi connectivity index (χ4v) is 4.95. The second-order valence-corrected chi connectivity index (χ2v) is 8.63. The van der Waals surface area contributed by atoms with Gasteiger partial charge in [-0.2, -0.15) is 5.01 Å². The Morgan fingerprint density at radius 1 is 1.21 bits per heavy atom. The lowest BCUT2D eigenvalue weighted by Crippen LogP contribution is -2.47. The Bertz CT molecular complexity index is 963. The number of hydrazine groups is 1. The predicted octanol–water partition coefficient (Wildman–Crippen LogP) is 3.14. The molecule has 0 saturated carbocycles. The van der Waals surface area contributed by atoms with Gasteiger partial charge in [0.2, 0.25) is 0 Å². The Balaban J connectivity index is 1.54. The van der Waals surface area contributed by atoms with Crippen LogP contribution in [0.5, 0.6) is 5.75 Å². The Morgan fingerprint density at radius 3 is 2.79 bits per heavy atom. The van der Waals surface area contributed by atoms with Crippen molar-refractivity contribution in [3.63, 3.8) is 0 Å². The number of rotatable bonds is 4. The van der Waals surface area contributed by atoms with E-state index in [1.807, 2.05) is 6.07 Å². The standard InChI is InChI=1S/C21H23N3O4S/c1-21(14-8-6-9-15(12-14)28-2)19(26)24(20(27)22-21)23-18(25)17-11-13-7-4-3-5-10-16(13)29-17/h6,8-9,11-12H,3-5,7,10H2,1-2H3,(H,22,27)(H,23,25)/t21-/m1/s1. The summed E-state index contributed by atoms with van der Waals surface area (Å²) in [5, 5.41) is 3.45. The fraction of sp³-hybridized carbons (Fsp3) is 0.381. The molecule has 0 bridgehead atoms. The summed E-state index contributed by atoms with van der Waals surface area (Å²) < 4.78 is 5.21. The summed E-state index contributed by atoms with van der Waals surface area (Å²) in [6, 6.07) is 8.17. The highest BCUT2D eigenvalue weighted by atomic mass is 32.1. The van der Waals surface area contributed by atoms with Crippen molar-refractivity contribution >= 4 is 29.2 Å². The smallest absolute Gasteiger partial charge is 0.344 e. The van der Waals surface area contributed by atoms with Crippen LogP contribution in [-0.2, 0) is 23.2 Å². The maximum atomic E-state index is 13.0. The van der Waals surface area contributed by atoms with Crippen LogP contribution >= 0.6 is 11.3 Å². The highest BCUT2D eigenvalue weighted by Crippen LogP contribution is 2.31. The molecule has 1 aliphatic heterocycles. The van der Waals surface area contributed by atoms with E-state index in [1.54, 1.807) is 31.2 Å². The van der Waals surface area contributed by atoms with Gasteiger partial charge in [0.25, 0.3) is 11.8 Å². The Hall–Kier alpha value is -2.87. The zero-order valence-corrected chi connectivity index (χ0v) is 17.2. The van der Waals surface area contributed by atoms with E-state index in [2.05, 4.69) is 10.7 Å². The first-order chi connectivity index (χ1) is 13.9. The molecule has 1 atom stereocenters. The van der Waals surface area contributed by atoms with E-state index in [0.29, 0.717) is 16.2 Å². The number of fused-ring (bicyclic) bond motifs is 1. The van der Waals surface area contributed by atoms with Crippen LogP contribution in [0.25, 0.3) is 0 Å². The van der Waals surface area contributed by atoms with Gasteiger partial charge in [-0.25, -0.2) is 4.79 Å². The van der Waals surface area contributed by atoms with Gasteiger partial charge in [0.1, 0.15) is 11.3 Å². The Labute approximate surface area is 173 Å². The molecule has 0 spiro atoms. The van der Waals surface area contributed by atoms with Crippen molar-refractivity contribution < 1.29 is 19.1 Å². The summed E-state index contributed by atoms with van der Waals surface area (Å²) in [6.07, 6.45) is 5.39. The third-order valence-electron chi connectivity index (χ3n) is 5.52. The van der Waals surface area contributed by atoms with E-state index in [9.17, 15) is 14.4 Å². The quantitative estimate of drug-likeness (QED) is 0.595. The van der Waals surface area contributed by atoms with E-state index in [1.165, 1.54) is 35.3 Å². The van der Waals surface area contributed by atoms with Gasteiger partial charge < -0.3 is 10.1 Å². The molecule has 4 rings (SSSR count). The van der Waals surface area contributed by atoms with Crippen LogP contribution in [0.2, 0.25) is 0 Å². The second kappa shape index (κ2) is 7.51. The van der Waals surface area contributed by atoms with Crippen molar-refractivity contribution in [3.8, 4) is 5.75 Å². The monoisotopic (exact) mass is 413 g/mol. The van der Waals surface area contributed by atoms with Crippen molar-refractivity contribution in [2.75, 3.05) is 7.11 Å². The van der Waals surface area contributed by atoms with E-state index in [4.69, 9.17) is 4.74 Å². The lowest BCUT2D eigenvalue weighted by Gasteiger charge is -2.22. The molecule has 2 N–H and O–H groups in total. The van der Waals surface area contributed by atoms with Crippen LogP contribution in [0.3, 0.4) is 0 Å². The van der Waals surface area contributed by atoms with E-state index < -0.39 is 23.4 Å². The summed E-state index contributed by atoms with van der Waals surface area (Å²) in [5.74, 6) is -0.406. The van der Waals surface area contributed by atoms with Crippen LogP contribution in [0.1, 0.15) is 51.9 Å². The number of nitrogens with one attached hydrogen (secondary N) is 2. The third-order valence-corrected chi connectivity index (χ3v) is 6.76. The molecule has 2 aliphatic rings. The van der Waals surface area contributed by atoms with Crippen LogP contribution < -0.4 is 15.5 Å². The molecule has 152 valence electrons. The Morgan fingerprint density at radius 2 is 2.00 bits per heavy atom. The number of amides is 4. The molecule has 1 aromatic heterocycles.